The molecule has 1 aromatic heterocycles. The minimum Gasteiger partial charge on any atom is -0.365 e. The van der Waals surface area contributed by atoms with Crippen molar-refractivity contribution in [1.29, 1.82) is 0 Å². The fourth-order valence-electron chi connectivity index (χ4n) is 1.62. The number of aromatic nitrogens is 2. The maximum Gasteiger partial charge on any atom is 0.227 e. The first-order valence-corrected chi connectivity index (χ1v) is 6.10. The van der Waals surface area contributed by atoms with Crippen LogP contribution in [-0.2, 0) is 0 Å². The van der Waals surface area contributed by atoms with Crippen LogP contribution in [0.5, 0.6) is 0 Å². The van der Waals surface area contributed by atoms with E-state index in [2.05, 4.69) is 40.5 Å². The number of anilines is 2. The van der Waals surface area contributed by atoms with Gasteiger partial charge in [-0.05, 0) is 5.92 Å². The highest BCUT2D eigenvalue weighted by atomic mass is 15.2. The third-order valence-electron chi connectivity index (χ3n) is 2.86. The molecule has 0 aliphatic carbocycles. The molecule has 0 unspecified atom stereocenters. The second kappa shape index (κ2) is 4.87. The van der Waals surface area contributed by atoms with E-state index < -0.39 is 0 Å². The van der Waals surface area contributed by atoms with Crippen molar-refractivity contribution >= 4 is 11.8 Å². The summed E-state index contributed by atoms with van der Waals surface area (Å²) in [5.74, 6) is 2.11. The summed E-state index contributed by atoms with van der Waals surface area (Å²) in [6, 6.07) is 2.55. The summed E-state index contributed by atoms with van der Waals surface area (Å²) in [5, 5.41) is 6.67. The molecule has 94 valence electrons. The van der Waals surface area contributed by atoms with E-state index in [0.717, 1.165) is 30.5 Å². The third kappa shape index (κ3) is 2.85. The zero-order valence-electron chi connectivity index (χ0n) is 11.0. The SMILES string of the molecule is CC(C)c1cc(NC2CNC2)nc(N(C)C)n1. The Kier molecular flexibility index (Phi) is 3.47. The lowest BCUT2D eigenvalue weighted by Gasteiger charge is -2.29. The Morgan fingerprint density at radius 2 is 2.06 bits per heavy atom. The topological polar surface area (TPSA) is 53.1 Å². The van der Waals surface area contributed by atoms with Crippen LogP contribution in [0.4, 0.5) is 11.8 Å². The Balaban J connectivity index is 2.23. The van der Waals surface area contributed by atoms with Crippen molar-refractivity contribution < 1.29 is 0 Å². The summed E-state index contributed by atoms with van der Waals surface area (Å²) in [5.41, 5.74) is 1.08. The molecule has 5 heteroatoms. The van der Waals surface area contributed by atoms with Crippen LogP contribution < -0.4 is 15.5 Å². The number of nitrogens with one attached hydrogen (secondary N) is 2. The van der Waals surface area contributed by atoms with Crippen LogP contribution in [-0.4, -0.2) is 43.2 Å². The lowest BCUT2D eigenvalue weighted by atomic mass is 10.1. The summed E-state index contributed by atoms with van der Waals surface area (Å²) in [6.07, 6.45) is 0. The molecule has 1 aliphatic rings. The first-order valence-electron chi connectivity index (χ1n) is 6.10. The molecule has 5 nitrogen and oxygen atoms in total. The van der Waals surface area contributed by atoms with E-state index >= 15 is 0 Å². The highest BCUT2D eigenvalue weighted by molar-refractivity contribution is 5.45. The van der Waals surface area contributed by atoms with E-state index in [1.54, 1.807) is 0 Å². The van der Waals surface area contributed by atoms with Crippen LogP contribution in [0.15, 0.2) is 6.07 Å². The first kappa shape index (κ1) is 12.1. The second-order valence-corrected chi connectivity index (χ2v) is 5.03. The van der Waals surface area contributed by atoms with Crippen LogP contribution in [0.3, 0.4) is 0 Å². The minimum absolute atomic E-state index is 0.414. The van der Waals surface area contributed by atoms with E-state index in [1.807, 2.05) is 19.0 Å². The highest BCUT2D eigenvalue weighted by Crippen LogP contribution is 2.19. The van der Waals surface area contributed by atoms with Gasteiger partial charge >= 0.3 is 0 Å². The van der Waals surface area contributed by atoms with Gasteiger partial charge in [-0.2, -0.15) is 4.98 Å². The summed E-state index contributed by atoms with van der Waals surface area (Å²) >= 11 is 0. The molecule has 1 saturated heterocycles. The van der Waals surface area contributed by atoms with Gasteiger partial charge < -0.3 is 15.5 Å². The molecule has 0 radical (unpaired) electrons. The highest BCUT2D eigenvalue weighted by Gasteiger charge is 2.18. The predicted molar refractivity (Wildman–Crippen MR) is 70.7 cm³/mol. The van der Waals surface area contributed by atoms with Crippen LogP contribution in [0.25, 0.3) is 0 Å². The molecule has 1 aliphatic heterocycles. The van der Waals surface area contributed by atoms with E-state index in [1.165, 1.54) is 0 Å². The smallest absolute Gasteiger partial charge is 0.227 e. The van der Waals surface area contributed by atoms with Gasteiger partial charge in [0.05, 0.1) is 11.7 Å². The molecule has 1 fully saturated rings. The van der Waals surface area contributed by atoms with Crippen LogP contribution in [0.1, 0.15) is 25.5 Å². The van der Waals surface area contributed by atoms with Crippen molar-refractivity contribution in [2.24, 2.45) is 0 Å². The quantitative estimate of drug-likeness (QED) is 0.817. The largest absolute Gasteiger partial charge is 0.365 e. The van der Waals surface area contributed by atoms with Gasteiger partial charge in [0.2, 0.25) is 5.95 Å². The molecule has 0 amide bonds. The van der Waals surface area contributed by atoms with Crippen LogP contribution in [0.2, 0.25) is 0 Å². The van der Waals surface area contributed by atoms with Gasteiger partial charge in [0.1, 0.15) is 5.82 Å². The first-order chi connectivity index (χ1) is 8.06. The molecule has 17 heavy (non-hydrogen) atoms. The Labute approximate surface area is 103 Å². The summed E-state index contributed by atoms with van der Waals surface area (Å²) < 4.78 is 0. The van der Waals surface area contributed by atoms with E-state index in [0.29, 0.717) is 12.0 Å². The Morgan fingerprint density at radius 1 is 1.35 bits per heavy atom. The zero-order chi connectivity index (χ0) is 12.4. The average Bonchev–Trinajstić information content (AvgIpc) is 2.23. The fraction of sp³-hybridized carbons (Fsp3) is 0.667. The predicted octanol–water partition coefficient (Wildman–Crippen LogP) is 1.05. The normalized spacial score (nSPS) is 15.8. The molecule has 0 spiro atoms. The summed E-state index contributed by atoms with van der Waals surface area (Å²) in [7, 11) is 3.93. The molecule has 0 aromatic carbocycles. The molecular weight excluding hydrogens is 214 g/mol. The zero-order valence-corrected chi connectivity index (χ0v) is 11.0. The maximum absolute atomic E-state index is 4.54. The van der Waals surface area contributed by atoms with E-state index in [4.69, 9.17) is 0 Å². The van der Waals surface area contributed by atoms with Gasteiger partial charge in [0, 0.05) is 33.3 Å². The standard InChI is InChI=1S/C12H21N5/c1-8(2)10-5-11(14-9-6-13-7-9)16-12(15-10)17(3)4/h5,8-9,13H,6-7H2,1-4H3,(H,14,15,16). The monoisotopic (exact) mass is 235 g/mol. The molecule has 2 heterocycles. The number of hydrogen-bond acceptors (Lipinski definition) is 5. The lowest BCUT2D eigenvalue weighted by Crippen LogP contribution is -2.51. The van der Waals surface area contributed by atoms with Gasteiger partial charge in [-0.15, -0.1) is 0 Å². The van der Waals surface area contributed by atoms with Crippen molar-refractivity contribution in [2.45, 2.75) is 25.8 Å². The molecule has 1 aromatic rings. The molecule has 2 N–H and O–H groups in total. The summed E-state index contributed by atoms with van der Waals surface area (Å²) in [6.45, 7) is 6.32. The maximum atomic E-state index is 4.54. The average molecular weight is 235 g/mol. The number of nitrogens with zero attached hydrogens (tertiary/aromatic N) is 3. The van der Waals surface area contributed by atoms with Crippen LogP contribution in [0, 0.1) is 0 Å². The summed E-state index contributed by atoms with van der Waals surface area (Å²) in [4.78, 5) is 11.0. The number of hydrogen-bond donors (Lipinski definition) is 2. The van der Waals surface area contributed by atoms with Crippen molar-refractivity contribution in [1.82, 2.24) is 15.3 Å². The number of rotatable bonds is 4. The van der Waals surface area contributed by atoms with E-state index in [9.17, 15) is 0 Å². The lowest BCUT2D eigenvalue weighted by molar-refractivity contribution is 0.471. The Morgan fingerprint density at radius 3 is 2.53 bits per heavy atom. The molecule has 0 saturated carbocycles. The van der Waals surface area contributed by atoms with Crippen molar-refractivity contribution in [2.75, 3.05) is 37.4 Å². The van der Waals surface area contributed by atoms with Gasteiger partial charge in [0.25, 0.3) is 0 Å². The minimum atomic E-state index is 0.414. The van der Waals surface area contributed by atoms with Crippen molar-refractivity contribution in [3.63, 3.8) is 0 Å². The van der Waals surface area contributed by atoms with Gasteiger partial charge in [-0.3, -0.25) is 0 Å². The van der Waals surface area contributed by atoms with Crippen molar-refractivity contribution in [3.05, 3.63) is 11.8 Å². The van der Waals surface area contributed by atoms with E-state index in [-0.39, 0.29) is 0 Å². The molecule has 0 bridgehead atoms. The Bertz CT molecular complexity index is 358. The Hall–Kier alpha value is -1.36. The van der Waals surface area contributed by atoms with Crippen molar-refractivity contribution in [3.8, 4) is 0 Å². The molecule has 0 atom stereocenters. The fourth-order valence-corrected chi connectivity index (χ4v) is 1.62. The van der Waals surface area contributed by atoms with Gasteiger partial charge in [-0.1, -0.05) is 13.8 Å². The molecular formula is C12H21N5. The third-order valence-corrected chi connectivity index (χ3v) is 2.86. The van der Waals surface area contributed by atoms with Crippen LogP contribution >= 0.6 is 0 Å². The van der Waals surface area contributed by atoms with Gasteiger partial charge in [-0.25, -0.2) is 4.98 Å². The second-order valence-electron chi connectivity index (χ2n) is 5.03. The van der Waals surface area contributed by atoms with Gasteiger partial charge in [0.15, 0.2) is 0 Å². The molecule has 2 rings (SSSR count).